The lowest BCUT2D eigenvalue weighted by atomic mass is 10.1. The van der Waals surface area contributed by atoms with Gasteiger partial charge in [-0.3, -0.25) is 9.78 Å². The molecule has 1 N–H and O–H groups in total. The van der Waals surface area contributed by atoms with Crippen LogP contribution < -0.4 is 5.32 Å². The van der Waals surface area contributed by atoms with Crippen LogP contribution >= 0.6 is 0 Å². The molecule has 3 aromatic carbocycles. The van der Waals surface area contributed by atoms with Crippen LogP contribution in [-0.2, 0) is 13.1 Å². The summed E-state index contributed by atoms with van der Waals surface area (Å²) in [5, 5.41) is 3.91. The second kappa shape index (κ2) is 8.03. The fourth-order valence-corrected chi connectivity index (χ4v) is 3.87. The molecule has 0 saturated heterocycles. The van der Waals surface area contributed by atoms with Crippen LogP contribution in [0.3, 0.4) is 0 Å². The normalized spacial score (nSPS) is 11.1. The second-order valence-corrected chi connectivity index (χ2v) is 7.69. The van der Waals surface area contributed by atoms with Gasteiger partial charge < -0.3 is 9.88 Å². The molecule has 0 unspecified atom stereocenters. The molecule has 5 nitrogen and oxygen atoms in total. The highest BCUT2D eigenvalue weighted by Gasteiger charge is 2.11. The summed E-state index contributed by atoms with van der Waals surface area (Å²) in [5.74, 6) is -0.0874. The number of aryl methyl sites for hydroxylation is 1. The standard InChI is InChI=1S/C26H22N4O/c1-18-14-22(21-6-2-3-7-23(21)29-18)26(31)27-15-19-10-12-20(13-11-19)16-30-17-28-24-8-4-5-9-25(24)30/h2-14,17H,15-16H2,1H3,(H,27,31). The van der Waals surface area contributed by atoms with Crippen molar-refractivity contribution in [3.63, 3.8) is 0 Å². The van der Waals surface area contributed by atoms with E-state index in [0.29, 0.717) is 12.1 Å². The van der Waals surface area contributed by atoms with Crippen LogP contribution in [0.1, 0.15) is 27.2 Å². The average molecular weight is 406 g/mol. The van der Waals surface area contributed by atoms with Crippen LogP contribution in [0.4, 0.5) is 0 Å². The SMILES string of the molecule is Cc1cc(C(=O)NCc2ccc(Cn3cnc4ccccc43)cc2)c2ccccc2n1. The minimum absolute atomic E-state index is 0.0874. The lowest BCUT2D eigenvalue weighted by Gasteiger charge is -2.10. The van der Waals surface area contributed by atoms with E-state index in [0.717, 1.165) is 39.7 Å². The molecule has 0 spiro atoms. The Labute approximate surface area is 180 Å². The van der Waals surface area contributed by atoms with Crippen molar-refractivity contribution in [2.45, 2.75) is 20.0 Å². The Hall–Kier alpha value is -3.99. The van der Waals surface area contributed by atoms with Crippen molar-refractivity contribution in [2.75, 3.05) is 0 Å². The maximum atomic E-state index is 12.8. The van der Waals surface area contributed by atoms with Gasteiger partial charge in [-0.2, -0.15) is 0 Å². The van der Waals surface area contributed by atoms with Crippen LogP contribution in [0.25, 0.3) is 21.9 Å². The van der Waals surface area contributed by atoms with Crippen molar-refractivity contribution in [1.82, 2.24) is 19.9 Å². The summed E-state index contributed by atoms with van der Waals surface area (Å²) in [4.78, 5) is 21.8. The number of aromatic nitrogens is 3. The van der Waals surface area contributed by atoms with Gasteiger partial charge in [0.05, 0.1) is 28.4 Å². The first-order chi connectivity index (χ1) is 15.2. The molecule has 5 aromatic rings. The van der Waals surface area contributed by atoms with Crippen molar-refractivity contribution in [2.24, 2.45) is 0 Å². The Bertz CT molecular complexity index is 1390. The van der Waals surface area contributed by atoms with E-state index in [2.05, 4.69) is 50.2 Å². The van der Waals surface area contributed by atoms with Gasteiger partial charge in [0.15, 0.2) is 0 Å². The molecule has 0 fully saturated rings. The van der Waals surface area contributed by atoms with Gasteiger partial charge in [-0.25, -0.2) is 4.98 Å². The lowest BCUT2D eigenvalue weighted by molar-refractivity contribution is 0.0952. The van der Waals surface area contributed by atoms with Gasteiger partial charge in [0.2, 0.25) is 0 Å². The predicted molar refractivity (Wildman–Crippen MR) is 123 cm³/mol. The monoisotopic (exact) mass is 406 g/mol. The topological polar surface area (TPSA) is 59.8 Å². The number of nitrogens with one attached hydrogen (secondary N) is 1. The summed E-state index contributed by atoms with van der Waals surface area (Å²) in [6, 6.07) is 26.0. The van der Waals surface area contributed by atoms with E-state index in [4.69, 9.17) is 0 Å². The quantitative estimate of drug-likeness (QED) is 0.453. The molecule has 31 heavy (non-hydrogen) atoms. The van der Waals surface area contributed by atoms with Crippen molar-refractivity contribution < 1.29 is 4.79 Å². The van der Waals surface area contributed by atoms with Gasteiger partial charge in [0.1, 0.15) is 0 Å². The number of fused-ring (bicyclic) bond motifs is 2. The Balaban J connectivity index is 1.28. The summed E-state index contributed by atoms with van der Waals surface area (Å²) in [6.45, 7) is 3.14. The molecule has 0 aliphatic heterocycles. The van der Waals surface area contributed by atoms with Crippen LogP contribution in [0.5, 0.6) is 0 Å². The molecule has 5 heteroatoms. The highest BCUT2D eigenvalue weighted by Crippen LogP contribution is 2.19. The van der Waals surface area contributed by atoms with E-state index < -0.39 is 0 Å². The number of nitrogens with zero attached hydrogens (tertiary/aromatic N) is 3. The van der Waals surface area contributed by atoms with Gasteiger partial charge in [0, 0.05) is 24.2 Å². The second-order valence-electron chi connectivity index (χ2n) is 7.69. The summed E-state index contributed by atoms with van der Waals surface area (Å²) in [6.07, 6.45) is 1.87. The molecule has 0 atom stereocenters. The zero-order valence-corrected chi connectivity index (χ0v) is 17.2. The van der Waals surface area contributed by atoms with E-state index in [1.165, 1.54) is 5.56 Å². The number of imidazole rings is 1. The third kappa shape index (κ3) is 3.90. The summed E-state index contributed by atoms with van der Waals surface area (Å²) >= 11 is 0. The van der Waals surface area contributed by atoms with Crippen LogP contribution in [0.15, 0.2) is 85.2 Å². The van der Waals surface area contributed by atoms with Crippen LogP contribution in [0.2, 0.25) is 0 Å². The molecule has 2 heterocycles. The fraction of sp³-hybridized carbons (Fsp3) is 0.115. The minimum atomic E-state index is -0.0874. The van der Waals surface area contributed by atoms with Gasteiger partial charge in [-0.1, -0.05) is 54.6 Å². The molecule has 0 saturated carbocycles. The van der Waals surface area contributed by atoms with Crippen LogP contribution in [0, 0.1) is 6.92 Å². The van der Waals surface area contributed by atoms with Crippen LogP contribution in [-0.4, -0.2) is 20.4 Å². The molecule has 2 aromatic heterocycles. The maximum absolute atomic E-state index is 12.8. The Morgan fingerprint density at radius 3 is 2.45 bits per heavy atom. The molecular weight excluding hydrogens is 384 g/mol. The molecule has 5 rings (SSSR count). The molecule has 0 aliphatic rings. The van der Waals surface area contributed by atoms with Gasteiger partial charge in [0.25, 0.3) is 5.91 Å². The lowest BCUT2D eigenvalue weighted by Crippen LogP contribution is -2.23. The van der Waals surface area contributed by atoms with Crippen molar-refractivity contribution in [3.8, 4) is 0 Å². The highest BCUT2D eigenvalue weighted by atomic mass is 16.1. The third-order valence-electron chi connectivity index (χ3n) is 5.45. The average Bonchev–Trinajstić information content (AvgIpc) is 3.20. The number of carbonyl (C=O) groups excluding carboxylic acids is 1. The molecule has 0 radical (unpaired) electrons. The fourth-order valence-electron chi connectivity index (χ4n) is 3.87. The number of carbonyl (C=O) groups is 1. The number of hydrogen-bond donors (Lipinski definition) is 1. The molecule has 0 bridgehead atoms. The van der Waals surface area contributed by atoms with Gasteiger partial charge in [-0.05, 0) is 42.3 Å². The van der Waals surface area contributed by atoms with Crippen molar-refractivity contribution >= 4 is 27.8 Å². The van der Waals surface area contributed by atoms with E-state index in [9.17, 15) is 4.79 Å². The zero-order chi connectivity index (χ0) is 21.2. The number of para-hydroxylation sites is 3. The molecular formula is C26H22N4O. The molecule has 0 aliphatic carbocycles. The van der Waals surface area contributed by atoms with Crippen molar-refractivity contribution in [3.05, 3.63) is 108 Å². The molecule has 152 valence electrons. The van der Waals surface area contributed by atoms with E-state index >= 15 is 0 Å². The molecule has 1 amide bonds. The van der Waals surface area contributed by atoms with E-state index in [1.54, 1.807) is 0 Å². The summed E-state index contributed by atoms with van der Waals surface area (Å²) in [5.41, 5.74) is 6.70. The number of benzene rings is 3. The zero-order valence-electron chi connectivity index (χ0n) is 17.2. The highest BCUT2D eigenvalue weighted by molar-refractivity contribution is 6.06. The predicted octanol–water partition coefficient (Wildman–Crippen LogP) is 4.87. The van der Waals surface area contributed by atoms with Gasteiger partial charge in [-0.15, -0.1) is 0 Å². The third-order valence-corrected chi connectivity index (χ3v) is 5.45. The summed E-state index contributed by atoms with van der Waals surface area (Å²) in [7, 11) is 0. The number of rotatable bonds is 5. The smallest absolute Gasteiger partial charge is 0.252 e. The summed E-state index contributed by atoms with van der Waals surface area (Å²) < 4.78 is 2.14. The minimum Gasteiger partial charge on any atom is -0.348 e. The first-order valence-corrected chi connectivity index (χ1v) is 10.3. The Morgan fingerprint density at radius 1 is 0.903 bits per heavy atom. The van der Waals surface area contributed by atoms with Crippen molar-refractivity contribution in [1.29, 1.82) is 0 Å². The van der Waals surface area contributed by atoms with Gasteiger partial charge >= 0.3 is 0 Å². The Morgan fingerprint density at radius 2 is 1.61 bits per heavy atom. The number of hydrogen-bond acceptors (Lipinski definition) is 3. The Kier molecular flexibility index (Phi) is 4.92. The number of pyridine rings is 1. The number of amides is 1. The first-order valence-electron chi connectivity index (χ1n) is 10.3. The van der Waals surface area contributed by atoms with E-state index in [1.807, 2.05) is 61.8 Å². The largest absolute Gasteiger partial charge is 0.348 e. The maximum Gasteiger partial charge on any atom is 0.252 e. The first kappa shape index (κ1) is 19.0. The van der Waals surface area contributed by atoms with E-state index in [-0.39, 0.29) is 5.91 Å².